The highest BCUT2D eigenvalue weighted by atomic mass is 35.5. The first kappa shape index (κ1) is 16.3. The second-order valence-corrected chi connectivity index (χ2v) is 8.01. The second-order valence-electron chi connectivity index (χ2n) is 5.55. The van der Waals surface area contributed by atoms with Gasteiger partial charge in [-0.1, -0.05) is 29.0 Å². The molecule has 4 rings (SSSR count). The Morgan fingerprint density at radius 3 is 2.80 bits per heavy atom. The SMILES string of the molecule is COc1ccc2sc(C(=O)Nc3nc4ccc(C)cc4s3)c(Cl)c2c1. The molecule has 2 aromatic heterocycles. The average molecular weight is 389 g/mol. The maximum absolute atomic E-state index is 12.7. The molecule has 0 bridgehead atoms. The van der Waals surface area contributed by atoms with Gasteiger partial charge in [0, 0.05) is 10.1 Å². The molecule has 0 saturated heterocycles. The number of carbonyl (C=O) groups is 1. The molecular weight excluding hydrogens is 376 g/mol. The predicted molar refractivity (Wildman–Crippen MR) is 106 cm³/mol. The lowest BCUT2D eigenvalue weighted by atomic mass is 10.2. The molecule has 0 aliphatic heterocycles. The summed E-state index contributed by atoms with van der Waals surface area (Å²) in [5.41, 5.74) is 2.04. The first-order valence-corrected chi connectivity index (χ1v) is 9.51. The van der Waals surface area contributed by atoms with Crippen molar-refractivity contribution in [3.63, 3.8) is 0 Å². The molecule has 0 radical (unpaired) electrons. The van der Waals surface area contributed by atoms with Gasteiger partial charge in [-0.15, -0.1) is 11.3 Å². The number of nitrogens with zero attached hydrogens (tertiary/aromatic N) is 1. The highest BCUT2D eigenvalue weighted by molar-refractivity contribution is 7.23. The molecule has 4 aromatic rings. The molecule has 2 heterocycles. The summed E-state index contributed by atoms with van der Waals surface area (Å²) >= 11 is 9.23. The first-order chi connectivity index (χ1) is 12.0. The maximum atomic E-state index is 12.7. The molecule has 126 valence electrons. The van der Waals surface area contributed by atoms with E-state index in [4.69, 9.17) is 16.3 Å². The van der Waals surface area contributed by atoms with E-state index < -0.39 is 0 Å². The van der Waals surface area contributed by atoms with Crippen LogP contribution in [0.2, 0.25) is 5.02 Å². The van der Waals surface area contributed by atoms with Crippen LogP contribution in [0.15, 0.2) is 36.4 Å². The average Bonchev–Trinajstić information content (AvgIpc) is 3.14. The van der Waals surface area contributed by atoms with Crippen LogP contribution < -0.4 is 10.1 Å². The summed E-state index contributed by atoms with van der Waals surface area (Å²) < 4.78 is 7.21. The molecule has 7 heteroatoms. The van der Waals surface area contributed by atoms with Gasteiger partial charge in [-0.25, -0.2) is 4.98 Å². The van der Waals surface area contributed by atoms with E-state index in [1.165, 1.54) is 22.7 Å². The largest absolute Gasteiger partial charge is 0.497 e. The van der Waals surface area contributed by atoms with Crippen LogP contribution in [-0.4, -0.2) is 18.0 Å². The van der Waals surface area contributed by atoms with Crippen molar-refractivity contribution in [2.45, 2.75) is 6.92 Å². The van der Waals surface area contributed by atoms with Crippen LogP contribution in [0, 0.1) is 6.92 Å². The zero-order valence-electron chi connectivity index (χ0n) is 13.4. The Bertz CT molecular complexity index is 1120. The van der Waals surface area contributed by atoms with Crippen LogP contribution in [0.5, 0.6) is 5.75 Å². The highest BCUT2D eigenvalue weighted by Gasteiger charge is 2.19. The lowest BCUT2D eigenvalue weighted by Gasteiger charge is -1.99. The Hall–Kier alpha value is -2.15. The van der Waals surface area contributed by atoms with Crippen LogP contribution in [-0.2, 0) is 0 Å². The van der Waals surface area contributed by atoms with Gasteiger partial charge in [0.05, 0.1) is 22.3 Å². The van der Waals surface area contributed by atoms with E-state index >= 15 is 0 Å². The number of aromatic nitrogens is 1. The van der Waals surface area contributed by atoms with Crippen LogP contribution in [0.4, 0.5) is 5.13 Å². The Balaban J connectivity index is 1.67. The maximum Gasteiger partial charge on any atom is 0.269 e. The number of anilines is 1. The number of halogens is 1. The molecule has 0 saturated carbocycles. The van der Waals surface area contributed by atoms with Gasteiger partial charge in [0.25, 0.3) is 5.91 Å². The molecule has 1 amide bonds. The van der Waals surface area contributed by atoms with Gasteiger partial charge in [0.2, 0.25) is 0 Å². The van der Waals surface area contributed by atoms with E-state index in [0.29, 0.717) is 20.8 Å². The number of thiophene rings is 1. The van der Waals surface area contributed by atoms with Gasteiger partial charge in [0.15, 0.2) is 5.13 Å². The van der Waals surface area contributed by atoms with Crippen LogP contribution in [0.1, 0.15) is 15.2 Å². The Kier molecular flexibility index (Phi) is 4.11. The van der Waals surface area contributed by atoms with Gasteiger partial charge in [-0.05, 0) is 42.8 Å². The van der Waals surface area contributed by atoms with Crippen molar-refractivity contribution < 1.29 is 9.53 Å². The van der Waals surface area contributed by atoms with Crippen molar-refractivity contribution in [1.29, 1.82) is 0 Å². The van der Waals surface area contributed by atoms with Crippen molar-refractivity contribution in [2.75, 3.05) is 12.4 Å². The molecule has 0 unspecified atom stereocenters. The molecular formula is C18H13ClN2O2S2. The van der Waals surface area contributed by atoms with Gasteiger partial charge in [-0.3, -0.25) is 10.1 Å². The van der Waals surface area contributed by atoms with Crippen LogP contribution >= 0.6 is 34.3 Å². The minimum Gasteiger partial charge on any atom is -0.497 e. The fraction of sp³-hybridized carbons (Fsp3) is 0.111. The lowest BCUT2D eigenvalue weighted by Crippen LogP contribution is -2.10. The molecule has 0 fully saturated rings. The molecule has 0 spiro atoms. The normalized spacial score (nSPS) is 11.2. The summed E-state index contributed by atoms with van der Waals surface area (Å²) in [6.07, 6.45) is 0. The summed E-state index contributed by atoms with van der Waals surface area (Å²) in [6.45, 7) is 2.03. The van der Waals surface area contributed by atoms with Crippen molar-refractivity contribution in [2.24, 2.45) is 0 Å². The molecule has 0 aliphatic rings. The standard InChI is InChI=1S/C18H13ClN2O2S2/c1-9-3-5-12-14(7-9)25-18(20-12)21-17(22)16-15(19)11-8-10(23-2)4-6-13(11)24-16/h3-8H,1-2H3,(H,20,21,22). The number of amides is 1. The van der Waals surface area contributed by atoms with Crippen LogP contribution in [0.25, 0.3) is 20.3 Å². The molecule has 1 N–H and O–H groups in total. The number of methoxy groups -OCH3 is 1. The smallest absolute Gasteiger partial charge is 0.269 e. The number of rotatable bonds is 3. The zero-order chi connectivity index (χ0) is 17.6. The Morgan fingerprint density at radius 2 is 2.00 bits per heavy atom. The number of carbonyl (C=O) groups excluding carboxylic acids is 1. The summed E-state index contributed by atoms with van der Waals surface area (Å²) in [5.74, 6) is 0.460. The number of hydrogen-bond acceptors (Lipinski definition) is 5. The fourth-order valence-corrected chi connectivity index (χ4v) is 4.90. The number of thiazole rings is 1. The lowest BCUT2D eigenvalue weighted by molar-refractivity contribution is 0.103. The number of ether oxygens (including phenoxy) is 1. The molecule has 25 heavy (non-hydrogen) atoms. The molecule has 2 aromatic carbocycles. The van der Waals surface area contributed by atoms with E-state index in [9.17, 15) is 4.79 Å². The fourth-order valence-electron chi connectivity index (χ4n) is 2.56. The van der Waals surface area contributed by atoms with E-state index in [1.54, 1.807) is 7.11 Å². The number of aryl methyl sites for hydroxylation is 1. The predicted octanol–water partition coefficient (Wildman–Crippen LogP) is 5.73. The third-order valence-electron chi connectivity index (χ3n) is 3.81. The van der Waals surface area contributed by atoms with Gasteiger partial charge in [-0.2, -0.15) is 0 Å². The molecule has 4 nitrogen and oxygen atoms in total. The zero-order valence-corrected chi connectivity index (χ0v) is 15.8. The van der Waals surface area contributed by atoms with Crippen molar-refractivity contribution in [3.8, 4) is 5.75 Å². The quantitative estimate of drug-likeness (QED) is 0.487. The third kappa shape index (κ3) is 2.97. The Labute approximate surface area is 157 Å². The second kappa shape index (κ2) is 6.29. The number of hydrogen-bond donors (Lipinski definition) is 1. The van der Waals surface area contributed by atoms with Crippen molar-refractivity contribution in [1.82, 2.24) is 4.98 Å². The van der Waals surface area contributed by atoms with E-state index in [0.717, 1.165) is 25.9 Å². The van der Waals surface area contributed by atoms with Gasteiger partial charge in [0.1, 0.15) is 10.6 Å². The Morgan fingerprint density at radius 1 is 1.16 bits per heavy atom. The molecule has 0 atom stereocenters. The number of fused-ring (bicyclic) bond motifs is 2. The molecule has 0 aliphatic carbocycles. The van der Waals surface area contributed by atoms with Crippen molar-refractivity contribution in [3.05, 3.63) is 51.9 Å². The van der Waals surface area contributed by atoms with Crippen molar-refractivity contribution >= 4 is 65.6 Å². The summed E-state index contributed by atoms with van der Waals surface area (Å²) in [6, 6.07) is 11.6. The highest BCUT2D eigenvalue weighted by Crippen LogP contribution is 2.38. The van der Waals surface area contributed by atoms with Gasteiger partial charge >= 0.3 is 0 Å². The van der Waals surface area contributed by atoms with Crippen LogP contribution in [0.3, 0.4) is 0 Å². The van der Waals surface area contributed by atoms with E-state index in [2.05, 4.69) is 16.4 Å². The number of nitrogens with one attached hydrogen (secondary N) is 1. The topological polar surface area (TPSA) is 51.2 Å². The van der Waals surface area contributed by atoms with E-state index in [1.807, 2.05) is 37.3 Å². The third-order valence-corrected chi connectivity index (χ3v) is 6.41. The summed E-state index contributed by atoms with van der Waals surface area (Å²) in [4.78, 5) is 17.6. The summed E-state index contributed by atoms with van der Waals surface area (Å²) in [7, 11) is 1.60. The van der Waals surface area contributed by atoms with Gasteiger partial charge < -0.3 is 4.74 Å². The van der Waals surface area contributed by atoms with E-state index in [-0.39, 0.29) is 5.91 Å². The monoisotopic (exact) mass is 388 g/mol. The number of benzene rings is 2. The summed E-state index contributed by atoms with van der Waals surface area (Å²) in [5, 5.41) is 4.68. The minimum absolute atomic E-state index is 0.249. The minimum atomic E-state index is -0.249. The first-order valence-electron chi connectivity index (χ1n) is 7.50.